The summed E-state index contributed by atoms with van der Waals surface area (Å²) in [5.41, 5.74) is 0. The lowest BCUT2D eigenvalue weighted by Gasteiger charge is -2.40. The van der Waals surface area contributed by atoms with E-state index in [1.807, 2.05) is 0 Å². The molecule has 3 aliphatic heterocycles. The van der Waals surface area contributed by atoms with Gasteiger partial charge in [-0.2, -0.15) is 0 Å². The first-order chi connectivity index (χ1) is 8.50. The van der Waals surface area contributed by atoms with Gasteiger partial charge in [-0.3, -0.25) is 0 Å². The Hall–Kier alpha value is -0.290. The second-order valence-corrected chi connectivity index (χ2v) is 6.28. The molecule has 3 heterocycles. The summed E-state index contributed by atoms with van der Waals surface area (Å²) < 4.78 is 49.4. The number of sulfonamides is 1. The smallest absolute Gasteiger partial charge is 0.209 e. The second-order valence-electron chi connectivity index (χ2n) is 4.54. The molecule has 18 heavy (non-hydrogen) atoms. The van der Waals surface area contributed by atoms with Crippen molar-refractivity contribution in [1.29, 1.82) is 0 Å². The fraction of sp³-hybridized carbons (Fsp3) is 1.00. The molecule has 3 fully saturated rings. The van der Waals surface area contributed by atoms with Gasteiger partial charge in [0.15, 0.2) is 6.79 Å². The number of hydrogen-bond acceptors (Lipinski definition) is 7. The fourth-order valence-electron chi connectivity index (χ4n) is 2.51. The van der Waals surface area contributed by atoms with Crippen LogP contribution in [0.15, 0.2) is 0 Å². The van der Waals surface area contributed by atoms with Crippen molar-refractivity contribution in [2.75, 3.05) is 25.9 Å². The Morgan fingerprint density at radius 3 is 2.78 bits per heavy atom. The fourth-order valence-corrected chi connectivity index (χ4v) is 3.08. The van der Waals surface area contributed by atoms with Gasteiger partial charge in [0.25, 0.3) is 0 Å². The van der Waals surface area contributed by atoms with Gasteiger partial charge in [0.1, 0.15) is 25.1 Å². The van der Waals surface area contributed by atoms with E-state index in [0.29, 0.717) is 0 Å². The summed E-state index contributed by atoms with van der Waals surface area (Å²) >= 11 is 0. The molecule has 0 aromatic rings. The molecule has 4 atom stereocenters. The monoisotopic (exact) mass is 281 g/mol. The van der Waals surface area contributed by atoms with Crippen LogP contribution in [-0.2, 0) is 33.7 Å². The maximum atomic E-state index is 11.1. The predicted octanol–water partition coefficient (Wildman–Crippen LogP) is -1.49. The largest absolute Gasteiger partial charge is 0.347 e. The number of fused-ring (bicyclic) bond motifs is 3. The third-order valence-corrected chi connectivity index (χ3v) is 4.19. The van der Waals surface area contributed by atoms with Crippen molar-refractivity contribution in [2.24, 2.45) is 5.14 Å². The number of ether oxygens (including phenoxy) is 5. The first kappa shape index (κ1) is 12.7. The maximum absolute atomic E-state index is 11.1. The van der Waals surface area contributed by atoms with Gasteiger partial charge in [0.2, 0.25) is 15.8 Å². The van der Waals surface area contributed by atoms with Gasteiger partial charge >= 0.3 is 0 Å². The van der Waals surface area contributed by atoms with E-state index in [1.165, 1.54) is 0 Å². The summed E-state index contributed by atoms with van der Waals surface area (Å²) in [6.45, 7) is 0.515. The third kappa shape index (κ3) is 2.16. The van der Waals surface area contributed by atoms with Crippen molar-refractivity contribution in [1.82, 2.24) is 0 Å². The van der Waals surface area contributed by atoms with Crippen molar-refractivity contribution < 1.29 is 32.1 Å². The molecule has 0 aliphatic carbocycles. The lowest BCUT2D eigenvalue weighted by molar-refractivity contribution is -0.264. The van der Waals surface area contributed by atoms with Crippen LogP contribution in [-0.4, -0.2) is 58.5 Å². The lowest BCUT2D eigenvalue weighted by Crippen LogP contribution is -2.58. The van der Waals surface area contributed by atoms with E-state index in [4.69, 9.17) is 28.8 Å². The van der Waals surface area contributed by atoms with Crippen molar-refractivity contribution in [3.8, 4) is 0 Å². The molecule has 8 nitrogen and oxygen atoms in total. The van der Waals surface area contributed by atoms with E-state index in [1.54, 1.807) is 0 Å². The summed E-state index contributed by atoms with van der Waals surface area (Å²) in [6.07, 6.45) is -0.857. The zero-order valence-corrected chi connectivity index (χ0v) is 10.4. The molecule has 104 valence electrons. The van der Waals surface area contributed by atoms with E-state index in [0.717, 1.165) is 0 Å². The molecule has 0 radical (unpaired) electrons. The van der Waals surface area contributed by atoms with Gasteiger partial charge in [-0.15, -0.1) is 0 Å². The molecule has 3 saturated heterocycles. The maximum Gasteiger partial charge on any atom is 0.209 e. The minimum atomic E-state index is -3.58. The van der Waals surface area contributed by atoms with E-state index >= 15 is 0 Å². The Morgan fingerprint density at radius 2 is 2.00 bits per heavy atom. The third-order valence-electron chi connectivity index (χ3n) is 3.42. The molecule has 0 amide bonds. The van der Waals surface area contributed by atoms with Crippen molar-refractivity contribution >= 4 is 10.0 Å². The standard InChI is InChI=1S/C9H15NO7S/c10-18(11,12)2-1-9-8(15-5-17-9)7-6(3-16-9)13-4-14-7/h6-8H,1-5H2,(H2,10,11,12)/t6-,7-,8+,9+/m1/s1. The van der Waals surface area contributed by atoms with Crippen molar-refractivity contribution in [3.05, 3.63) is 0 Å². The molecule has 0 spiro atoms. The molecular formula is C9H15NO7S. The molecule has 0 aromatic carbocycles. The van der Waals surface area contributed by atoms with Crippen LogP contribution in [0.2, 0.25) is 0 Å². The average molecular weight is 281 g/mol. The molecular weight excluding hydrogens is 266 g/mol. The Kier molecular flexibility index (Phi) is 3.09. The minimum absolute atomic E-state index is 0.0435. The van der Waals surface area contributed by atoms with Crippen LogP contribution in [0.25, 0.3) is 0 Å². The highest BCUT2D eigenvalue weighted by Gasteiger charge is 2.58. The average Bonchev–Trinajstić information content (AvgIpc) is 2.91. The summed E-state index contributed by atoms with van der Waals surface area (Å²) in [7, 11) is -3.58. The zero-order valence-electron chi connectivity index (χ0n) is 9.61. The van der Waals surface area contributed by atoms with Crippen LogP contribution in [0, 0.1) is 0 Å². The van der Waals surface area contributed by atoms with Gasteiger partial charge in [-0.05, 0) is 0 Å². The van der Waals surface area contributed by atoms with Crippen LogP contribution < -0.4 is 5.14 Å². The predicted molar refractivity (Wildman–Crippen MR) is 56.7 cm³/mol. The van der Waals surface area contributed by atoms with E-state index in [2.05, 4.69) is 0 Å². The van der Waals surface area contributed by atoms with Crippen LogP contribution in [0.1, 0.15) is 6.42 Å². The molecule has 3 aliphatic rings. The molecule has 0 bridgehead atoms. The molecule has 3 rings (SSSR count). The van der Waals surface area contributed by atoms with Crippen LogP contribution in [0.3, 0.4) is 0 Å². The summed E-state index contributed by atoms with van der Waals surface area (Å²) in [6, 6.07) is 0. The Bertz CT molecular complexity index is 427. The van der Waals surface area contributed by atoms with Crippen molar-refractivity contribution in [2.45, 2.75) is 30.5 Å². The first-order valence-electron chi connectivity index (χ1n) is 5.63. The van der Waals surface area contributed by atoms with Gasteiger partial charge in [-0.1, -0.05) is 0 Å². The van der Waals surface area contributed by atoms with Crippen LogP contribution in [0.4, 0.5) is 0 Å². The molecule has 0 unspecified atom stereocenters. The van der Waals surface area contributed by atoms with Gasteiger partial charge in [0.05, 0.1) is 12.4 Å². The van der Waals surface area contributed by atoms with Gasteiger partial charge in [-0.25, -0.2) is 13.6 Å². The Labute approximate surface area is 104 Å². The highest BCUT2D eigenvalue weighted by atomic mass is 32.2. The number of primary sulfonamides is 1. The topological polar surface area (TPSA) is 106 Å². The highest BCUT2D eigenvalue weighted by Crippen LogP contribution is 2.40. The molecule has 9 heteroatoms. The SMILES string of the molecule is NS(=O)(=O)CC[C@]12OCO[C@H]1[C@@H]1OCO[C@@H]1CO2. The van der Waals surface area contributed by atoms with E-state index in [9.17, 15) is 8.42 Å². The summed E-state index contributed by atoms with van der Waals surface area (Å²) in [5, 5.41) is 5.00. The Morgan fingerprint density at radius 1 is 1.17 bits per heavy atom. The van der Waals surface area contributed by atoms with Gasteiger partial charge < -0.3 is 23.7 Å². The quantitative estimate of drug-likeness (QED) is 0.671. The number of rotatable bonds is 3. The number of hydrogen-bond donors (Lipinski definition) is 1. The lowest BCUT2D eigenvalue weighted by atomic mass is 9.95. The van der Waals surface area contributed by atoms with Gasteiger partial charge in [0, 0.05) is 6.42 Å². The number of nitrogens with two attached hydrogens (primary N) is 1. The van der Waals surface area contributed by atoms with Crippen LogP contribution >= 0.6 is 0 Å². The molecule has 0 aromatic heterocycles. The highest BCUT2D eigenvalue weighted by molar-refractivity contribution is 7.89. The van der Waals surface area contributed by atoms with E-state index in [-0.39, 0.29) is 44.6 Å². The minimum Gasteiger partial charge on any atom is -0.347 e. The first-order valence-corrected chi connectivity index (χ1v) is 7.35. The normalized spacial score (nSPS) is 43.7. The van der Waals surface area contributed by atoms with E-state index < -0.39 is 21.9 Å². The summed E-state index contributed by atoms with van der Waals surface area (Å²) in [5.74, 6) is -1.33. The Balaban J connectivity index is 1.77. The van der Waals surface area contributed by atoms with Crippen LogP contribution in [0.5, 0.6) is 0 Å². The van der Waals surface area contributed by atoms with Crippen molar-refractivity contribution in [3.63, 3.8) is 0 Å². The molecule has 0 saturated carbocycles. The molecule has 2 N–H and O–H groups in total. The second kappa shape index (κ2) is 4.37. The summed E-state index contributed by atoms with van der Waals surface area (Å²) in [4.78, 5) is 0. The zero-order chi connectivity index (χ0) is 12.8.